The van der Waals surface area contributed by atoms with Crippen molar-refractivity contribution in [1.29, 1.82) is 5.41 Å². The van der Waals surface area contributed by atoms with Crippen molar-refractivity contribution in [2.24, 2.45) is 10.4 Å². The molecule has 3 atom stereocenters. The molecule has 3 N–H and O–H groups in total. The number of urea groups is 1. The first kappa shape index (κ1) is 39.5. The van der Waals surface area contributed by atoms with E-state index in [0.29, 0.717) is 60.7 Å². The van der Waals surface area contributed by atoms with Crippen LogP contribution in [0.1, 0.15) is 102 Å². The van der Waals surface area contributed by atoms with E-state index in [2.05, 4.69) is 31.8 Å². The number of halogens is 1. The molecule has 1 aliphatic carbocycles. The number of aliphatic imine (C=N–C) groups is 1. The number of aromatic nitrogens is 3. The van der Waals surface area contributed by atoms with Gasteiger partial charge in [0.1, 0.15) is 30.0 Å². The van der Waals surface area contributed by atoms with Gasteiger partial charge in [0.25, 0.3) is 0 Å². The standard InChI is InChI=1S/C42H53ClN8O5/c1-42(2,3)36(44)26-37(45-28-14-16-32(43)35(25-28)53-23-24-55-39-13-7-10-22-54-39)47-40(52)46-33-17-18-34(31-12-6-5-11-30(31)33)56-29-15-19-38-48-49-41(51(38)27-29)50-20-8-4-9-21-50/h5-6,11-12,14-16,19,25,27,33-34,39,44H,4,7-10,13,17-18,20-24,26H2,1-3H3,(H2,45,46,47,52). The minimum absolute atomic E-state index is 0.151. The molecule has 13 nitrogen and oxygen atoms in total. The van der Waals surface area contributed by atoms with Crippen molar-refractivity contribution in [3.63, 3.8) is 0 Å². The van der Waals surface area contributed by atoms with Crippen molar-refractivity contribution in [1.82, 2.24) is 25.2 Å². The summed E-state index contributed by atoms with van der Waals surface area (Å²) < 4.78 is 26.0. The van der Waals surface area contributed by atoms with Gasteiger partial charge in [-0.1, -0.05) is 56.6 Å². The van der Waals surface area contributed by atoms with Gasteiger partial charge in [-0.05, 0) is 92.2 Å². The first-order valence-electron chi connectivity index (χ1n) is 19.8. The highest BCUT2D eigenvalue weighted by Gasteiger charge is 2.30. The van der Waals surface area contributed by atoms with Gasteiger partial charge in [-0.2, -0.15) is 0 Å². The third kappa shape index (κ3) is 9.98. The number of benzene rings is 2. The predicted octanol–water partition coefficient (Wildman–Crippen LogP) is 8.74. The zero-order valence-electron chi connectivity index (χ0n) is 32.6. The van der Waals surface area contributed by atoms with Gasteiger partial charge in [0.05, 0.1) is 29.6 Å². The summed E-state index contributed by atoms with van der Waals surface area (Å²) in [7, 11) is 0. The van der Waals surface area contributed by atoms with Crippen LogP contribution in [0, 0.1) is 10.8 Å². The highest BCUT2D eigenvalue weighted by Crippen LogP contribution is 2.39. The zero-order chi connectivity index (χ0) is 39.1. The Balaban J connectivity index is 1.02. The predicted molar refractivity (Wildman–Crippen MR) is 218 cm³/mol. The van der Waals surface area contributed by atoms with E-state index < -0.39 is 11.4 Å². The number of amidine groups is 1. The van der Waals surface area contributed by atoms with Crippen molar-refractivity contribution >= 4 is 46.5 Å². The molecule has 0 bridgehead atoms. The maximum Gasteiger partial charge on any atom is 0.320 e. The summed E-state index contributed by atoms with van der Waals surface area (Å²) >= 11 is 6.48. The Kier molecular flexibility index (Phi) is 12.7. The van der Waals surface area contributed by atoms with Gasteiger partial charge in [0.2, 0.25) is 5.95 Å². The number of fused-ring (bicyclic) bond motifs is 2. The first-order valence-corrected chi connectivity index (χ1v) is 20.2. The van der Waals surface area contributed by atoms with Crippen LogP contribution in [0.3, 0.4) is 0 Å². The zero-order valence-corrected chi connectivity index (χ0v) is 33.3. The lowest BCUT2D eigenvalue weighted by Crippen LogP contribution is -2.43. The molecule has 4 heterocycles. The van der Waals surface area contributed by atoms with Crippen LogP contribution in [0.15, 0.2) is 65.8 Å². The van der Waals surface area contributed by atoms with Crippen molar-refractivity contribution in [3.8, 4) is 11.5 Å². The first-order chi connectivity index (χ1) is 27.1. The van der Waals surface area contributed by atoms with Crippen LogP contribution in [0.4, 0.5) is 16.4 Å². The number of carbonyl (C=O) groups excluding carboxylic acids is 1. The fraction of sp³-hybridized carbons (Fsp3) is 0.500. The van der Waals surface area contributed by atoms with E-state index in [1.807, 2.05) is 61.7 Å². The lowest BCUT2D eigenvalue weighted by molar-refractivity contribution is -0.165. The Bertz CT molecular complexity index is 2020. The third-order valence-corrected chi connectivity index (χ3v) is 10.8. The number of rotatable bonds is 12. The third-order valence-electron chi connectivity index (χ3n) is 10.5. The number of carbonyl (C=O) groups is 1. The van der Waals surface area contributed by atoms with Gasteiger partial charge in [0, 0.05) is 37.9 Å². The van der Waals surface area contributed by atoms with Crippen LogP contribution in [0.2, 0.25) is 5.02 Å². The minimum Gasteiger partial charge on any atom is -0.490 e. The number of hydrogen-bond donors (Lipinski definition) is 3. The van der Waals surface area contributed by atoms with E-state index in [4.69, 9.17) is 41.0 Å². The molecule has 0 saturated carbocycles. The molecule has 4 aromatic rings. The van der Waals surface area contributed by atoms with Crippen LogP contribution in [0.25, 0.3) is 5.65 Å². The molecule has 0 radical (unpaired) electrons. The Morgan fingerprint density at radius 3 is 2.59 bits per heavy atom. The Hall–Kier alpha value is -4.72. The molecule has 56 heavy (non-hydrogen) atoms. The van der Waals surface area contributed by atoms with E-state index in [1.165, 1.54) is 6.42 Å². The Morgan fingerprint density at radius 1 is 0.982 bits per heavy atom. The number of pyridine rings is 1. The molecule has 2 aromatic carbocycles. The summed E-state index contributed by atoms with van der Waals surface area (Å²) in [5.41, 5.74) is 3.36. The molecular weight excluding hydrogens is 732 g/mol. The topological polar surface area (TPSA) is 148 Å². The van der Waals surface area contributed by atoms with Crippen molar-refractivity contribution in [2.45, 2.75) is 97.0 Å². The summed E-state index contributed by atoms with van der Waals surface area (Å²) in [6, 6.07) is 16.5. The highest BCUT2D eigenvalue weighted by molar-refractivity contribution is 6.32. The van der Waals surface area contributed by atoms with Crippen molar-refractivity contribution in [2.75, 3.05) is 37.8 Å². The summed E-state index contributed by atoms with van der Waals surface area (Å²) in [5, 5.41) is 24.2. The molecule has 14 heteroatoms. The fourth-order valence-electron chi connectivity index (χ4n) is 7.30. The normalized spacial score (nSPS) is 20.3. The molecule has 3 unspecified atom stereocenters. The maximum absolute atomic E-state index is 13.7. The monoisotopic (exact) mass is 784 g/mol. The second-order valence-corrected chi connectivity index (χ2v) is 16.1. The van der Waals surface area contributed by atoms with Gasteiger partial charge in [-0.25, -0.2) is 9.79 Å². The van der Waals surface area contributed by atoms with E-state index in [9.17, 15) is 4.79 Å². The van der Waals surface area contributed by atoms with E-state index in [-0.39, 0.29) is 24.9 Å². The maximum atomic E-state index is 13.7. The van der Waals surface area contributed by atoms with Gasteiger partial charge in [0.15, 0.2) is 11.9 Å². The molecule has 3 aliphatic rings. The molecule has 2 amide bonds. The largest absolute Gasteiger partial charge is 0.490 e. The smallest absolute Gasteiger partial charge is 0.320 e. The van der Waals surface area contributed by atoms with Crippen LogP contribution < -0.4 is 25.0 Å². The second-order valence-electron chi connectivity index (χ2n) is 15.7. The second kappa shape index (κ2) is 18.0. The van der Waals surface area contributed by atoms with Crippen molar-refractivity contribution < 1.29 is 23.7 Å². The number of nitrogens with zero attached hydrogens (tertiary/aromatic N) is 5. The number of ether oxygens (including phenoxy) is 4. The summed E-state index contributed by atoms with van der Waals surface area (Å²) in [6.07, 6.45) is 9.67. The van der Waals surface area contributed by atoms with E-state index >= 15 is 0 Å². The van der Waals surface area contributed by atoms with Crippen LogP contribution in [-0.4, -0.2) is 71.4 Å². The minimum atomic E-state index is -0.416. The quantitative estimate of drug-likeness (QED) is 0.0734. The summed E-state index contributed by atoms with van der Waals surface area (Å²) in [4.78, 5) is 20.8. The molecule has 2 fully saturated rings. The Morgan fingerprint density at radius 2 is 1.80 bits per heavy atom. The number of hydrogen-bond acceptors (Lipinski definition) is 10. The molecular formula is C42H53ClN8O5. The molecule has 298 valence electrons. The molecule has 2 aliphatic heterocycles. The van der Waals surface area contributed by atoms with E-state index in [1.54, 1.807) is 18.2 Å². The van der Waals surface area contributed by atoms with Crippen molar-refractivity contribution in [3.05, 3.63) is 76.9 Å². The number of piperidine rings is 1. The van der Waals surface area contributed by atoms with Crippen LogP contribution in [-0.2, 0) is 9.47 Å². The Labute approximate surface area is 333 Å². The van der Waals surface area contributed by atoms with E-state index in [0.717, 1.165) is 73.7 Å². The number of amides is 2. The van der Waals surface area contributed by atoms with Gasteiger partial charge in [-0.15, -0.1) is 10.2 Å². The molecule has 2 saturated heterocycles. The van der Waals surface area contributed by atoms with Crippen LogP contribution in [0.5, 0.6) is 11.5 Å². The average Bonchev–Trinajstić information content (AvgIpc) is 3.62. The summed E-state index contributed by atoms with van der Waals surface area (Å²) in [6.45, 7) is 9.22. The SMILES string of the molecule is CC(C)(C)C(=N)CC(=Nc1ccc(Cl)c(OCCOC2CCCCO2)c1)NC(=O)NC1CCC(Oc2ccc3nnc(N4CCCCC4)n3c2)c2ccccc21. The molecule has 0 spiro atoms. The molecule has 7 rings (SSSR count). The summed E-state index contributed by atoms with van der Waals surface area (Å²) in [5.74, 6) is 2.38. The fourth-order valence-corrected chi connectivity index (χ4v) is 7.47. The molecule has 2 aromatic heterocycles. The lowest BCUT2D eigenvalue weighted by Gasteiger charge is -2.32. The van der Waals surface area contributed by atoms with Gasteiger partial charge < -0.3 is 34.6 Å². The van der Waals surface area contributed by atoms with Gasteiger partial charge >= 0.3 is 6.03 Å². The lowest BCUT2D eigenvalue weighted by atomic mass is 9.85. The average molecular weight is 785 g/mol. The highest BCUT2D eigenvalue weighted by atomic mass is 35.5. The van der Waals surface area contributed by atoms with Crippen LogP contribution >= 0.6 is 11.6 Å². The number of nitrogens with one attached hydrogen (secondary N) is 3. The van der Waals surface area contributed by atoms with Gasteiger partial charge in [-0.3, -0.25) is 9.72 Å². The number of anilines is 1.